The fourth-order valence-electron chi connectivity index (χ4n) is 3.20. The molecule has 0 aromatic heterocycles. The Kier molecular flexibility index (Phi) is 4.15. The monoisotopic (exact) mass is 394 g/mol. The van der Waals surface area contributed by atoms with Crippen molar-refractivity contribution in [1.82, 2.24) is 5.32 Å². The number of carbonyl (C=O) groups excluding carboxylic acids is 2. The molecule has 4 rings (SSSR count). The molecule has 1 heterocycles. The van der Waals surface area contributed by atoms with Gasteiger partial charge >= 0.3 is 18.1 Å². The van der Waals surface area contributed by atoms with E-state index in [0.717, 1.165) is 17.2 Å². The van der Waals surface area contributed by atoms with Crippen LogP contribution in [-0.2, 0) is 16.0 Å². The Bertz CT molecular complexity index is 951. The summed E-state index contributed by atoms with van der Waals surface area (Å²) in [6.45, 7) is 0. The molecule has 0 spiro atoms. The highest BCUT2D eigenvalue weighted by Crippen LogP contribution is 2.42. The minimum absolute atomic E-state index is 0.130. The maximum absolute atomic E-state index is 13.0. The third-order valence-electron chi connectivity index (χ3n) is 4.38. The average molecular weight is 395 g/mol. The third-order valence-corrected chi connectivity index (χ3v) is 4.74. The second-order valence-electron chi connectivity index (χ2n) is 6.16. The lowest BCUT2D eigenvalue weighted by Gasteiger charge is -2.14. The summed E-state index contributed by atoms with van der Waals surface area (Å²) in [6, 6.07) is 8.82. The first-order valence-corrected chi connectivity index (χ1v) is 8.49. The first kappa shape index (κ1) is 17.5. The second kappa shape index (κ2) is 6.38. The molecule has 0 unspecified atom stereocenters. The van der Waals surface area contributed by atoms with Gasteiger partial charge in [-0.3, -0.25) is 9.59 Å². The first-order valence-electron chi connectivity index (χ1n) is 8.11. The molecule has 1 aliphatic heterocycles. The molecular weight excluding hydrogens is 382 g/mol. The van der Waals surface area contributed by atoms with E-state index in [9.17, 15) is 18.4 Å². The topological polar surface area (TPSA) is 76.7 Å². The Morgan fingerprint density at radius 1 is 1.11 bits per heavy atom. The van der Waals surface area contributed by atoms with Crippen LogP contribution < -0.4 is 20.1 Å². The van der Waals surface area contributed by atoms with E-state index in [2.05, 4.69) is 20.1 Å². The minimum Gasteiger partial charge on any atom is -0.395 e. The van der Waals surface area contributed by atoms with E-state index in [1.54, 1.807) is 12.1 Å². The predicted molar refractivity (Wildman–Crippen MR) is 91.9 cm³/mol. The van der Waals surface area contributed by atoms with Crippen LogP contribution in [0.5, 0.6) is 11.5 Å². The van der Waals surface area contributed by atoms with Crippen LogP contribution in [0, 0.1) is 0 Å². The number of hydrogen-bond acceptors (Lipinski definition) is 4. The van der Waals surface area contributed by atoms with E-state index >= 15 is 0 Å². The van der Waals surface area contributed by atoms with Crippen LogP contribution in [0.1, 0.15) is 23.6 Å². The second-order valence-corrected chi connectivity index (χ2v) is 6.56. The van der Waals surface area contributed by atoms with Crippen LogP contribution in [0.25, 0.3) is 0 Å². The molecule has 0 bridgehead atoms. The quantitative estimate of drug-likeness (QED) is 0.765. The third kappa shape index (κ3) is 3.40. The van der Waals surface area contributed by atoms with Gasteiger partial charge < -0.3 is 20.1 Å². The van der Waals surface area contributed by atoms with Crippen molar-refractivity contribution in [2.24, 2.45) is 0 Å². The van der Waals surface area contributed by atoms with E-state index in [0.29, 0.717) is 17.9 Å². The molecule has 2 aromatic rings. The average Bonchev–Trinajstić information content (AvgIpc) is 3.14. The van der Waals surface area contributed by atoms with Gasteiger partial charge in [0.2, 0.25) is 0 Å². The SMILES string of the molecule is O=C(Nc1ccc2c(c1)OC(F)(F)O2)C(=O)N[C@@H]1CCc2c(Cl)cccc21. The van der Waals surface area contributed by atoms with Gasteiger partial charge in [-0.05, 0) is 42.2 Å². The van der Waals surface area contributed by atoms with Gasteiger partial charge in [0, 0.05) is 16.8 Å². The Balaban J connectivity index is 1.42. The highest BCUT2D eigenvalue weighted by atomic mass is 35.5. The first-order chi connectivity index (χ1) is 12.8. The van der Waals surface area contributed by atoms with Gasteiger partial charge in [0.1, 0.15) is 0 Å². The summed E-state index contributed by atoms with van der Waals surface area (Å²) in [6.07, 6.45) is -2.41. The molecule has 2 amide bonds. The molecule has 140 valence electrons. The van der Waals surface area contributed by atoms with Crippen molar-refractivity contribution < 1.29 is 27.8 Å². The summed E-state index contributed by atoms with van der Waals surface area (Å²) >= 11 is 6.14. The Morgan fingerprint density at radius 3 is 2.70 bits per heavy atom. The highest BCUT2D eigenvalue weighted by molar-refractivity contribution is 6.39. The Labute approximate surface area is 157 Å². The zero-order valence-corrected chi connectivity index (χ0v) is 14.5. The molecule has 0 fully saturated rings. The summed E-state index contributed by atoms with van der Waals surface area (Å²) in [5, 5.41) is 5.64. The summed E-state index contributed by atoms with van der Waals surface area (Å²) in [7, 11) is 0. The van der Waals surface area contributed by atoms with E-state index < -0.39 is 18.1 Å². The standard InChI is InChI=1S/C18H13ClF2N2O4/c19-12-3-1-2-11-10(12)5-6-13(11)23-17(25)16(24)22-9-4-7-14-15(8-9)27-18(20,21)26-14/h1-4,7-8,13H,5-6H2,(H,22,24)(H,23,25)/t13-/m1/s1. The van der Waals surface area contributed by atoms with Crippen LogP contribution in [0.3, 0.4) is 0 Å². The lowest BCUT2D eigenvalue weighted by atomic mass is 10.1. The molecule has 1 atom stereocenters. The van der Waals surface area contributed by atoms with Crippen molar-refractivity contribution in [2.75, 3.05) is 5.32 Å². The molecular formula is C18H13ClF2N2O4. The molecule has 0 saturated carbocycles. The van der Waals surface area contributed by atoms with E-state index in [4.69, 9.17) is 11.6 Å². The highest BCUT2D eigenvalue weighted by Gasteiger charge is 2.43. The van der Waals surface area contributed by atoms with Crippen LogP contribution in [0.4, 0.5) is 14.5 Å². The van der Waals surface area contributed by atoms with E-state index in [-0.39, 0.29) is 23.2 Å². The Hall–Kier alpha value is -2.87. The fourth-order valence-corrected chi connectivity index (χ4v) is 3.47. The van der Waals surface area contributed by atoms with Crippen LogP contribution >= 0.6 is 11.6 Å². The molecule has 0 radical (unpaired) electrons. The maximum Gasteiger partial charge on any atom is 0.586 e. The van der Waals surface area contributed by atoms with Crippen molar-refractivity contribution in [3.05, 3.63) is 52.5 Å². The summed E-state index contributed by atoms with van der Waals surface area (Å²) in [4.78, 5) is 24.3. The number of halogens is 3. The van der Waals surface area contributed by atoms with Gasteiger partial charge in [-0.15, -0.1) is 8.78 Å². The summed E-state index contributed by atoms with van der Waals surface area (Å²) in [5.41, 5.74) is 1.97. The largest absolute Gasteiger partial charge is 0.586 e. The summed E-state index contributed by atoms with van der Waals surface area (Å²) < 4.78 is 34.7. The molecule has 27 heavy (non-hydrogen) atoms. The number of alkyl halides is 2. The number of fused-ring (bicyclic) bond motifs is 2. The number of anilines is 1. The molecule has 1 aliphatic carbocycles. The van der Waals surface area contributed by atoms with Gasteiger partial charge in [0.15, 0.2) is 11.5 Å². The predicted octanol–water partition coefficient (Wildman–Crippen LogP) is 3.40. The number of carbonyl (C=O) groups is 2. The summed E-state index contributed by atoms with van der Waals surface area (Å²) in [5.74, 6) is -2.13. The van der Waals surface area contributed by atoms with Crippen molar-refractivity contribution in [1.29, 1.82) is 0 Å². The number of hydrogen-bond donors (Lipinski definition) is 2. The zero-order chi connectivity index (χ0) is 19.2. The van der Waals surface area contributed by atoms with Crippen molar-refractivity contribution >= 4 is 29.1 Å². The van der Waals surface area contributed by atoms with Crippen molar-refractivity contribution in [3.8, 4) is 11.5 Å². The van der Waals surface area contributed by atoms with Gasteiger partial charge in [0.25, 0.3) is 0 Å². The van der Waals surface area contributed by atoms with Gasteiger partial charge in [-0.25, -0.2) is 0 Å². The van der Waals surface area contributed by atoms with Gasteiger partial charge in [0.05, 0.1) is 6.04 Å². The number of nitrogens with one attached hydrogen (secondary N) is 2. The lowest BCUT2D eigenvalue weighted by Crippen LogP contribution is -2.37. The maximum atomic E-state index is 13.0. The van der Waals surface area contributed by atoms with E-state index in [1.807, 2.05) is 6.07 Å². The number of benzene rings is 2. The molecule has 2 aromatic carbocycles. The molecule has 2 N–H and O–H groups in total. The zero-order valence-electron chi connectivity index (χ0n) is 13.7. The Morgan fingerprint density at radius 2 is 1.89 bits per heavy atom. The fraction of sp³-hybridized carbons (Fsp3) is 0.222. The molecule has 6 nitrogen and oxygen atoms in total. The number of amides is 2. The molecule has 0 saturated heterocycles. The number of rotatable bonds is 2. The molecule has 2 aliphatic rings. The van der Waals surface area contributed by atoms with Crippen LogP contribution in [-0.4, -0.2) is 18.1 Å². The lowest BCUT2D eigenvalue weighted by molar-refractivity contribution is -0.286. The van der Waals surface area contributed by atoms with Crippen molar-refractivity contribution in [3.63, 3.8) is 0 Å². The molecule has 9 heteroatoms. The van der Waals surface area contributed by atoms with Gasteiger partial charge in [-0.1, -0.05) is 23.7 Å². The normalized spacial score (nSPS) is 18.7. The number of ether oxygens (including phenoxy) is 2. The van der Waals surface area contributed by atoms with Crippen LogP contribution in [0.2, 0.25) is 5.02 Å². The van der Waals surface area contributed by atoms with Crippen LogP contribution in [0.15, 0.2) is 36.4 Å². The smallest absolute Gasteiger partial charge is 0.395 e. The minimum atomic E-state index is -3.75. The van der Waals surface area contributed by atoms with Crippen molar-refractivity contribution in [2.45, 2.75) is 25.2 Å². The van der Waals surface area contributed by atoms with E-state index in [1.165, 1.54) is 12.1 Å². The van der Waals surface area contributed by atoms with Gasteiger partial charge in [-0.2, -0.15) is 0 Å².